The number of anilines is 3. The van der Waals surface area contributed by atoms with Crippen LogP contribution in [-0.2, 0) is 0 Å². The Kier molecular flexibility index (Phi) is 8.14. The van der Waals surface area contributed by atoms with Crippen LogP contribution in [0.3, 0.4) is 0 Å². The van der Waals surface area contributed by atoms with Gasteiger partial charge < -0.3 is 9.32 Å². The number of allylic oxidation sites excluding steroid dienone is 14. The number of benzene rings is 5. The van der Waals surface area contributed by atoms with Crippen LogP contribution in [0.25, 0.3) is 39.0 Å². The Labute approximate surface area is 335 Å². The van der Waals surface area contributed by atoms with E-state index >= 15 is 0 Å². The molecule has 57 heavy (non-hydrogen) atoms. The zero-order valence-electron chi connectivity index (χ0n) is 32.4. The molecule has 2 nitrogen and oxygen atoms in total. The molecule has 0 N–H and O–H groups in total. The van der Waals surface area contributed by atoms with Gasteiger partial charge in [-0.1, -0.05) is 160 Å². The summed E-state index contributed by atoms with van der Waals surface area (Å²) in [5, 5.41) is 3.56. The fourth-order valence-electron chi connectivity index (χ4n) is 9.99. The van der Waals surface area contributed by atoms with Crippen LogP contribution in [0.1, 0.15) is 65.7 Å². The van der Waals surface area contributed by atoms with E-state index in [0.717, 1.165) is 34.8 Å². The molecule has 5 aliphatic rings. The summed E-state index contributed by atoms with van der Waals surface area (Å²) in [6, 6.07) is 38.7. The summed E-state index contributed by atoms with van der Waals surface area (Å²) in [7, 11) is 0. The molecular weight excluding hydrogens is 691 g/mol. The third kappa shape index (κ3) is 5.69. The minimum Gasteiger partial charge on any atom is -0.460 e. The van der Waals surface area contributed by atoms with E-state index in [-0.39, 0.29) is 0 Å². The number of rotatable bonds is 5. The standard InChI is InChI=1S/C55H45NO/c1-35-14-9-28-49-52-33-41-20-13-29-53(51(41)34-54(52)57-55(49)36(35)2)56(42-21-10-18-38(30-42)45-27-12-17-37-15-3-5-23-44(37)45)43-22-11-19-39(31-43)50-32-40-16-4-6-24-46(40)47-25-7-8-26-48(47)50/h3-13,15-37,40,44,46H,14H2,1-2H3/t35-,36-,37?,40?,44?,46?/m0/s1. The highest BCUT2D eigenvalue weighted by Crippen LogP contribution is 2.48. The van der Waals surface area contributed by atoms with E-state index in [2.05, 4.69) is 207 Å². The first-order chi connectivity index (χ1) is 28.1. The van der Waals surface area contributed by atoms with Gasteiger partial charge in [0.1, 0.15) is 11.3 Å². The second-order valence-corrected chi connectivity index (χ2v) is 16.5. The van der Waals surface area contributed by atoms with Crippen molar-refractivity contribution in [1.29, 1.82) is 0 Å². The fourth-order valence-corrected chi connectivity index (χ4v) is 9.99. The van der Waals surface area contributed by atoms with Gasteiger partial charge in [0.2, 0.25) is 0 Å². The van der Waals surface area contributed by atoms with Gasteiger partial charge in [0, 0.05) is 57.3 Å². The van der Waals surface area contributed by atoms with E-state index in [4.69, 9.17) is 4.42 Å². The van der Waals surface area contributed by atoms with Gasteiger partial charge in [0.05, 0.1) is 5.69 Å². The first kappa shape index (κ1) is 33.9. The summed E-state index contributed by atoms with van der Waals surface area (Å²) < 4.78 is 6.82. The molecule has 0 saturated heterocycles. The lowest BCUT2D eigenvalue weighted by molar-refractivity contribution is 0.414. The number of hydrogen-bond acceptors (Lipinski definition) is 2. The predicted molar refractivity (Wildman–Crippen MR) is 240 cm³/mol. The van der Waals surface area contributed by atoms with Crippen LogP contribution in [-0.4, -0.2) is 0 Å². The summed E-state index contributed by atoms with van der Waals surface area (Å²) in [4.78, 5) is 2.47. The highest BCUT2D eigenvalue weighted by molar-refractivity contribution is 6.07. The Morgan fingerprint density at radius 3 is 2.25 bits per heavy atom. The smallest absolute Gasteiger partial charge is 0.135 e. The molecular formula is C55H45NO. The Morgan fingerprint density at radius 1 is 0.632 bits per heavy atom. The second kappa shape index (κ2) is 13.7. The van der Waals surface area contributed by atoms with E-state index in [1.807, 2.05) is 0 Å². The maximum atomic E-state index is 6.82. The molecule has 0 amide bonds. The van der Waals surface area contributed by atoms with E-state index in [1.54, 1.807) is 0 Å². The average Bonchev–Trinajstić information content (AvgIpc) is 3.55. The van der Waals surface area contributed by atoms with Crippen molar-refractivity contribution in [2.24, 2.45) is 23.7 Å². The molecule has 1 aromatic heterocycles. The Bertz CT molecular complexity index is 2850. The maximum Gasteiger partial charge on any atom is 0.135 e. The molecule has 0 bridgehead atoms. The molecule has 276 valence electrons. The van der Waals surface area contributed by atoms with Gasteiger partial charge in [-0.2, -0.15) is 0 Å². The van der Waals surface area contributed by atoms with Crippen molar-refractivity contribution in [3.63, 3.8) is 0 Å². The molecule has 6 atom stereocenters. The molecule has 0 radical (unpaired) electrons. The first-order valence-corrected chi connectivity index (χ1v) is 20.7. The minimum absolute atomic E-state index is 0.317. The normalized spacial score (nSPS) is 24.0. The molecule has 11 rings (SSSR count). The first-order valence-electron chi connectivity index (χ1n) is 20.7. The van der Waals surface area contributed by atoms with Crippen LogP contribution < -0.4 is 4.90 Å². The van der Waals surface area contributed by atoms with Crippen molar-refractivity contribution in [1.82, 2.24) is 0 Å². The molecule has 4 unspecified atom stereocenters. The van der Waals surface area contributed by atoms with Crippen LogP contribution in [0, 0.1) is 23.7 Å². The molecule has 6 aromatic rings. The quantitative estimate of drug-likeness (QED) is 0.175. The lowest BCUT2D eigenvalue weighted by atomic mass is 9.73. The van der Waals surface area contributed by atoms with Crippen LogP contribution in [0.4, 0.5) is 17.1 Å². The maximum absolute atomic E-state index is 6.82. The van der Waals surface area contributed by atoms with E-state index < -0.39 is 0 Å². The van der Waals surface area contributed by atoms with Gasteiger partial charge in [-0.3, -0.25) is 0 Å². The van der Waals surface area contributed by atoms with Gasteiger partial charge in [-0.15, -0.1) is 0 Å². The molecule has 2 heteroatoms. The summed E-state index contributed by atoms with van der Waals surface area (Å²) in [5.74, 6) is 3.35. The molecule has 5 aliphatic carbocycles. The van der Waals surface area contributed by atoms with E-state index in [0.29, 0.717) is 35.5 Å². The number of furan rings is 1. The monoisotopic (exact) mass is 735 g/mol. The number of nitrogens with zero attached hydrogens (tertiary/aromatic N) is 1. The Hall–Kier alpha value is -6.38. The van der Waals surface area contributed by atoms with Crippen molar-refractivity contribution in [2.45, 2.75) is 32.1 Å². The molecule has 0 saturated carbocycles. The third-order valence-corrected chi connectivity index (χ3v) is 13.2. The molecule has 0 aliphatic heterocycles. The van der Waals surface area contributed by atoms with Crippen molar-refractivity contribution < 1.29 is 4.42 Å². The summed E-state index contributed by atoms with van der Waals surface area (Å²) >= 11 is 0. The molecule has 1 heterocycles. The SMILES string of the molecule is C[C@@H]1c2oc3cc4c(N(c5cccc(C6=CC7C=CC=CC7c7ccccc76)c5)c5cccc(C6=CC=CC7C=CC=CC67)c5)cccc4cc3c2C=CC[C@@H]1C. The topological polar surface area (TPSA) is 16.4 Å². The van der Waals surface area contributed by atoms with Crippen LogP contribution >= 0.6 is 0 Å². The summed E-state index contributed by atoms with van der Waals surface area (Å²) in [5.41, 5.74) is 13.4. The number of hydrogen-bond donors (Lipinski definition) is 0. The molecule has 5 aromatic carbocycles. The van der Waals surface area contributed by atoms with E-state index in [9.17, 15) is 0 Å². The molecule has 0 fully saturated rings. The van der Waals surface area contributed by atoms with Gasteiger partial charge in [0.25, 0.3) is 0 Å². The van der Waals surface area contributed by atoms with Crippen molar-refractivity contribution in [2.75, 3.05) is 4.90 Å². The van der Waals surface area contributed by atoms with Gasteiger partial charge in [0.15, 0.2) is 0 Å². The predicted octanol–water partition coefficient (Wildman–Crippen LogP) is 14.8. The average molecular weight is 736 g/mol. The third-order valence-electron chi connectivity index (χ3n) is 13.2. The van der Waals surface area contributed by atoms with Crippen molar-refractivity contribution in [3.05, 3.63) is 216 Å². The van der Waals surface area contributed by atoms with E-state index in [1.165, 1.54) is 55.1 Å². The largest absolute Gasteiger partial charge is 0.460 e. The zero-order valence-corrected chi connectivity index (χ0v) is 32.4. The lowest BCUT2D eigenvalue weighted by Gasteiger charge is -2.32. The lowest BCUT2D eigenvalue weighted by Crippen LogP contribution is -2.16. The van der Waals surface area contributed by atoms with Gasteiger partial charge in [-0.05, 0) is 93.6 Å². The minimum atomic E-state index is 0.317. The van der Waals surface area contributed by atoms with Gasteiger partial charge in [-0.25, -0.2) is 0 Å². The Balaban J connectivity index is 1.10. The Morgan fingerprint density at radius 2 is 1.37 bits per heavy atom. The van der Waals surface area contributed by atoms with Crippen molar-refractivity contribution in [3.8, 4) is 0 Å². The van der Waals surface area contributed by atoms with Crippen LogP contribution in [0.15, 0.2) is 187 Å². The highest BCUT2D eigenvalue weighted by Gasteiger charge is 2.30. The van der Waals surface area contributed by atoms with Crippen LogP contribution in [0.2, 0.25) is 0 Å². The fraction of sp³-hybridized carbons (Fsp3) is 0.164. The second-order valence-electron chi connectivity index (χ2n) is 16.5. The van der Waals surface area contributed by atoms with Crippen LogP contribution in [0.5, 0.6) is 0 Å². The van der Waals surface area contributed by atoms with Gasteiger partial charge >= 0.3 is 0 Å². The summed E-state index contributed by atoms with van der Waals surface area (Å²) in [6.45, 7) is 4.64. The summed E-state index contributed by atoms with van der Waals surface area (Å²) in [6.07, 6.45) is 33.1. The van der Waals surface area contributed by atoms with Crippen molar-refractivity contribution >= 4 is 56.0 Å². The molecule has 0 spiro atoms. The zero-order chi connectivity index (χ0) is 38.0. The number of fused-ring (bicyclic) bond motifs is 8. The highest BCUT2D eigenvalue weighted by atomic mass is 16.3.